The first-order valence-corrected chi connectivity index (χ1v) is 11.3. The maximum Gasteiger partial charge on any atom is 0.330 e. The number of nitrogens with zero attached hydrogens (tertiary/aromatic N) is 2. The van der Waals surface area contributed by atoms with Crippen molar-refractivity contribution < 1.29 is 9.53 Å². The van der Waals surface area contributed by atoms with Crippen LogP contribution in [0.3, 0.4) is 0 Å². The molecule has 3 N–H and O–H groups in total. The van der Waals surface area contributed by atoms with Crippen molar-refractivity contribution in [3.63, 3.8) is 0 Å². The number of hydrogen-bond acceptors (Lipinski definition) is 5. The normalized spacial score (nSPS) is 11.0. The number of aromatic nitrogens is 2. The Balaban J connectivity index is 1.73. The molecule has 2 aromatic carbocycles. The van der Waals surface area contributed by atoms with E-state index in [4.69, 9.17) is 10.5 Å². The molecule has 0 spiro atoms. The second-order valence-corrected chi connectivity index (χ2v) is 7.76. The third-order valence-electron chi connectivity index (χ3n) is 5.35. The van der Waals surface area contributed by atoms with Crippen LogP contribution in [0.5, 0.6) is 5.75 Å². The van der Waals surface area contributed by atoms with E-state index in [0.29, 0.717) is 13.2 Å². The Bertz CT molecular complexity index is 1240. The fourth-order valence-corrected chi connectivity index (χ4v) is 3.47. The standard InChI is InChI=1S/C26H30N4O4/c1-3-5-17-30-24(27)23(25(32)28-26(30)33)29(4-2)22(31)16-13-19-11-14-21(15-12-19)34-18-20-9-7-6-8-10-20/h6-16H,3-5,17-18,27H2,1-2H3,(H,28,32,33)/b16-13+. The van der Waals surface area contributed by atoms with Gasteiger partial charge in [-0.2, -0.15) is 0 Å². The number of amides is 1. The molecule has 0 fully saturated rings. The fourth-order valence-electron chi connectivity index (χ4n) is 3.47. The van der Waals surface area contributed by atoms with Crippen LogP contribution in [0.15, 0.2) is 70.3 Å². The summed E-state index contributed by atoms with van der Waals surface area (Å²) in [6, 6.07) is 17.2. The van der Waals surface area contributed by atoms with Gasteiger partial charge in [-0.15, -0.1) is 0 Å². The molecule has 3 aromatic rings. The first kappa shape index (κ1) is 24.6. The Kier molecular flexibility index (Phi) is 8.45. The molecule has 3 rings (SSSR count). The minimum absolute atomic E-state index is 0.00859. The maximum absolute atomic E-state index is 12.9. The zero-order valence-electron chi connectivity index (χ0n) is 19.5. The number of nitrogen functional groups attached to an aromatic ring is 1. The lowest BCUT2D eigenvalue weighted by atomic mass is 10.2. The largest absolute Gasteiger partial charge is 0.489 e. The Hall–Kier alpha value is -4.07. The van der Waals surface area contributed by atoms with Crippen LogP contribution >= 0.6 is 0 Å². The van der Waals surface area contributed by atoms with E-state index in [1.54, 1.807) is 13.0 Å². The number of unbranched alkanes of at least 4 members (excludes halogenated alkanes) is 1. The summed E-state index contributed by atoms with van der Waals surface area (Å²) in [6.45, 7) is 4.78. The van der Waals surface area contributed by atoms with Crippen molar-refractivity contribution in [3.8, 4) is 5.75 Å². The van der Waals surface area contributed by atoms with Gasteiger partial charge in [-0.3, -0.25) is 19.1 Å². The van der Waals surface area contributed by atoms with Crippen molar-refractivity contribution in [1.82, 2.24) is 9.55 Å². The van der Waals surface area contributed by atoms with Gasteiger partial charge in [0.15, 0.2) is 5.69 Å². The smallest absolute Gasteiger partial charge is 0.330 e. The highest BCUT2D eigenvalue weighted by atomic mass is 16.5. The van der Waals surface area contributed by atoms with Crippen LogP contribution in [0.1, 0.15) is 37.8 Å². The quantitative estimate of drug-likeness (QED) is 0.448. The minimum Gasteiger partial charge on any atom is -0.489 e. The lowest BCUT2D eigenvalue weighted by molar-refractivity contribution is -0.114. The van der Waals surface area contributed by atoms with Crippen molar-refractivity contribution in [2.45, 2.75) is 39.8 Å². The molecule has 0 saturated carbocycles. The number of benzene rings is 2. The van der Waals surface area contributed by atoms with E-state index in [1.807, 2.05) is 61.5 Å². The van der Waals surface area contributed by atoms with E-state index < -0.39 is 17.2 Å². The topological polar surface area (TPSA) is 110 Å². The molecule has 0 aliphatic heterocycles. The van der Waals surface area contributed by atoms with Gasteiger partial charge in [0, 0.05) is 19.2 Å². The number of H-pyrrole nitrogens is 1. The van der Waals surface area contributed by atoms with Gasteiger partial charge in [0.2, 0.25) is 0 Å². The van der Waals surface area contributed by atoms with Gasteiger partial charge < -0.3 is 15.4 Å². The molecule has 34 heavy (non-hydrogen) atoms. The first-order valence-electron chi connectivity index (χ1n) is 11.3. The number of likely N-dealkylation sites (N-methyl/N-ethyl adjacent to an activating group) is 1. The van der Waals surface area contributed by atoms with Crippen LogP contribution in [-0.2, 0) is 17.9 Å². The van der Waals surface area contributed by atoms with Gasteiger partial charge in [0.25, 0.3) is 11.5 Å². The molecule has 1 amide bonds. The Morgan fingerprint density at radius 3 is 2.44 bits per heavy atom. The van der Waals surface area contributed by atoms with E-state index >= 15 is 0 Å². The molecular weight excluding hydrogens is 432 g/mol. The molecule has 0 saturated heterocycles. The second-order valence-electron chi connectivity index (χ2n) is 7.76. The zero-order valence-corrected chi connectivity index (χ0v) is 19.5. The van der Waals surface area contributed by atoms with Crippen molar-refractivity contribution in [1.29, 1.82) is 0 Å². The number of aromatic amines is 1. The summed E-state index contributed by atoms with van der Waals surface area (Å²) in [6.07, 6.45) is 4.61. The van der Waals surface area contributed by atoms with Gasteiger partial charge in [-0.1, -0.05) is 55.8 Å². The predicted octanol–water partition coefficient (Wildman–Crippen LogP) is 3.56. The summed E-state index contributed by atoms with van der Waals surface area (Å²) in [5.41, 5.74) is 6.75. The van der Waals surface area contributed by atoms with Crippen molar-refractivity contribution in [2.24, 2.45) is 0 Å². The molecule has 0 aliphatic carbocycles. The lowest BCUT2D eigenvalue weighted by Gasteiger charge is -2.21. The van der Waals surface area contributed by atoms with Crippen LogP contribution < -0.4 is 26.6 Å². The van der Waals surface area contributed by atoms with Crippen LogP contribution in [0.2, 0.25) is 0 Å². The van der Waals surface area contributed by atoms with Crippen molar-refractivity contribution >= 4 is 23.5 Å². The van der Waals surface area contributed by atoms with Gasteiger partial charge in [-0.05, 0) is 42.7 Å². The number of anilines is 2. The van der Waals surface area contributed by atoms with Crippen molar-refractivity contribution in [2.75, 3.05) is 17.2 Å². The number of hydrogen-bond donors (Lipinski definition) is 2. The molecule has 1 heterocycles. The van der Waals surface area contributed by atoms with Crippen LogP contribution in [-0.4, -0.2) is 22.0 Å². The molecule has 1 aromatic heterocycles. The highest BCUT2D eigenvalue weighted by Gasteiger charge is 2.21. The number of carbonyl (C=O) groups is 1. The Morgan fingerprint density at radius 2 is 1.79 bits per heavy atom. The number of nitrogens with two attached hydrogens (primary N) is 1. The van der Waals surface area contributed by atoms with Crippen LogP contribution in [0.25, 0.3) is 6.08 Å². The summed E-state index contributed by atoms with van der Waals surface area (Å²) in [4.78, 5) is 41.1. The molecule has 0 atom stereocenters. The van der Waals surface area contributed by atoms with E-state index in [9.17, 15) is 14.4 Å². The van der Waals surface area contributed by atoms with E-state index in [1.165, 1.54) is 15.5 Å². The summed E-state index contributed by atoms with van der Waals surface area (Å²) in [5.74, 6) is 0.298. The average molecular weight is 463 g/mol. The molecule has 178 valence electrons. The van der Waals surface area contributed by atoms with E-state index in [0.717, 1.165) is 29.7 Å². The molecule has 8 heteroatoms. The van der Waals surface area contributed by atoms with E-state index in [-0.39, 0.29) is 18.1 Å². The highest BCUT2D eigenvalue weighted by molar-refractivity contribution is 6.05. The minimum atomic E-state index is -0.682. The third kappa shape index (κ3) is 6.04. The van der Waals surface area contributed by atoms with E-state index in [2.05, 4.69) is 4.98 Å². The molecule has 8 nitrogen and oxygen atoms in total. The molecule has 0 aliphatic rings. The SMILES string of the molecule is CCCCn1c(N)c(N(CC)C(=O)/C=C/c2ccc(OCc3ccccc3)cc2)c(=O)[nH]c1=O. The number of ether oxygens (including phenoxy) is 1. The molecule has 0 radical (unpaired) electrons. The number of carbonyl (C=O) groups excluding carboxylic acids is 1. The Labute approximate surface area is 198 Å². The van der Waals surface area contributed by atoms with Gasteiger partial charge >= 0.3 is 5.69 Å². The maximum atomic E-state index is 12.9. The second kappa shape index (κ2) is 11.7. The van der Waals surface area contributed by atoms with Crippen molar-refractivity contribution in [3.05, 3.63) is 92.6 Å². The summed E-state index contributed by atoms with van der Waals surface area (Å²) in [7, 11) is 0. The summed E-state index contributed by atoms with van der Waals surface area (Å²) >= 11 is 0. The van der Waals surface area contributed by atoms with Crippen LogP contribution in [0, 0.1) is 0 Å². The third-order valence-corrected chi connectivity index (χ3v) is 5.35. The highest BCUT2D eigenvalue weighted by Crippen LogP contribution is 2.19. The lowest BCUT2D eigenvalue weighted by Crippen LogP contribution is -2.40. The average Bonchev–Trinajstić information content (AvgIpc) is 2.85. The monoisotopic (exact) mass is 462 g/mol. The molecule has 0 bridgehead atoms. The van der Waals surface area contributed by atoms with Gasteiger partial charge in [0.1, 0.15) is 18.2 Å². The molecular formula is C26H30N4O4. The van der Waals surface area contributed by atoms with Crippen LogP contribution in [0.4, 0.5) is 11.5 Å². The first-order chi connectivity index (χ1) is 16.4. The predicted molar refractivity (Wildman–Crippen MR) is 135 cm³/mol. The summed E-state index contributed by atoms with van der Waals surface area (Å²) < 4.78 is 7.08. The fraction of sp³-hybridized carbons (Fsp3) is 0.269. The zero-order chi connectivity index (χ0) is 24.5. The van der Waals surface area contributed by atoms with Gasteiger partial charge in [-0.25, -0.2) is 4.79 Å². The Morgan fingerprint density at radius 1 is 1.09 bits per heavy atom. The number of nitrogens with one attached hydrogen (secondary N) is 1. The molecule has 0 unspecified atom stereocenters. The summed E-state index contributed by atoms with van der Waals surface area (Å²) in [5, 5.41) is 0. The number of rotatable bonds is 10. The van der Waals surface area contributed by atoms with Gasteiger partial charge in [0.05, 0.1) is 0 Å².